The third kappa shape index (κ3) is 2.92. The van der Waals surface area contributed by atoms with Gasteiger partial charge in [-0.1, -0.05) is 0 Å². The third-order valence-corrected chi connectivity index (χ3v) is 12.3. The van der Waals surface area contributed by atoms with Gasteiger partial charge >= 0.3 is 124 Å². The Morgan fingerprint density at radius 3 is 2.89 bits per heavy atom. The number of hydrogen-bond acceptors (Lipinski definition) is 2. The van der Waals surface area contributed by atoms with Gasteiger partial charge < -0.3 is 0 Å². The maximum absolute atomic E-state index is 9.77. The van der Waals surface area contributed by atoms with Crippen molar-refractivity contribution in [3.8, 4) is 5.75 Å². The standard InChI is InChI=1S/C16H24INO/c1-18(2)11-16-13-7-6-12(8-13)10-17(16)14-4-3-5-15(19)9-14/h3-5,9,12-13,16,19H,6-8,10-11H2,1-2H3. The van der Waals surface area contributed by atoms with Gasteiger partial charge in [0.2, 0.25) is 0 Å². The third-order valence-electron chi connectivity index (χ3n) is 4.44. The molecule has 1 saturated heterocycles. The maximum atomic E-state index is 9.77. The average molecular weight is 373 g/mol. The van der Waals surface area contributed by atoms with E-state index >= 15 is 0 Å². The number of alkyl halides is 2. The van der Waals surface area contributed by atoms with Crippen molar-refractivity contribution in [1.82, 2.24) is 4.90 Å². The number of benzene rings is 1. The number of phenols is 1. The van der Waals surface area contributed by atoms with Crippen molar-refractivity contribution in [2.75, 3.05) is 25.1 Å². The van der Waals surface area contributed by atoms with Gasteiger partial charge in [0.05, 0.1) is 0 Å². The van der Waals surface area contributed by atoms with Crippen molar-refractivity contribution in [2.24, 2.45) is 11.8 Å². The van der Waals surface area contributed by atoms with Crippen molar-refractivity contribution in [2.45, 2.75) is 23.2 Å². The van der Waals surface area contributed by atoms with Gasteiger partial charge in [0.1, 0.15) is 0 Å². The molecule has 0 radical (unpaired) electrons. The van der Waals surface area contributed by atoms with Crippen molar-refractivity contribution < 1.29 is 5.11 Å². The second kappa shape index (κ2) is 5.60. The molecular formula is C16H24INO. The first-order valence-corrected chi connectivity index (χ1v) is 11.1. The van der Waals surface area contributed by atoms with E-state index in [-0.39, 0.29) is 0 Å². The van der Waals surface area contributed by atoms with Gasteiger partial charge in [0.15, 0.2) is 0 Å². The van der Waals surface area contributed by atoms with Gasteiger partial charge in [-0.2, -0.15) is 0 Å². The number of hydrogen-bond donors (Lipinski definition) is 1. The van der Waals surface area contributed by atoms with Crippen LogP contribution in [0.15, 0.2) is 24.3 Å². The fourth-order valence-electron chi connectivity index (χ4n) is 3.61. The van der Waals surface area contributed by atoms with Crippen LogP contribution in [0.1, 0.15) is 19.3 Å². The van der Waals surface area contributed by atoms with Gasteiger partial charge in [-0.25, -0.2) is 0 Å². The Morgan fingerprint density at radius 1 is 1.32 bits per heavy atom. The molecule has 1 N–H and O–H groups in total. The fourth-order valence-corrected chi connectivity index (χ4v) is 12.4. The summed E-state index contributed by atoms with van der Waals surface area (Å²) < 4.78 is 3.90. The van der Waals surface area contributed by atoms with Crippen LogP contribution >= 0.6 is 19.8 Å². The Hall–Kier alpha value is -0.290. The molecule has 1 aromatic carbocycles. The van der Waals surface area contributed by atoms with E-state index in [0.717, 1.165) is 15.8 Å². The molecule has 1 saturated carbocycles. The van der Waals surface area contributed by atoms with Crippen molar-refractivity contribution in [1.29, 1.82) is 0 Å². The van der Waals surface area contributed by atoms with Crippen LogP contribution in [0.5, 0.6) is 5.75 Å². The van der Waals surface area contributed by atoms with Crippen LogP contribution in [0.25, 0.3) is 0 Å². The molecule has 2 aliphatic rings. The molecule has 0 spiro atoms. The van der Waals surface area contributed by atoms with E-state index in [1.165, 1.54) is 33.8 Å². The molecule has 1 aromatic rings. The fraction of sp³-hybridized carbons (Fsp3) is 0.625. The first-order valence-electron chi connectivity index (χ1n) is 7.21. The van der Waals surface area contributed by atoms with Gasteiger partial charge in [-0.05, 0) is 0 Å². The van der Waals surface area contributed by atoms with Crippen molar-refractivity contribution in [3.05, 3.63) is 27.8 Å². The van der Waals surface area contributed by atoms with Crippen LogP contribution < -0.4 is 0 Å². The molecule has 3 atom stereocenters. The zero-order valence-electron chi connectivity index (χ0n) is 11.8. The summed E-state index contributed by atoms with van der Waals surface area (Å²) in [7, 11) is 4.41. The van der Waals surface area contributed by atoms with Gasteiger partial charge in [0.25, 0.3) is 0 Å². The molecule has 106 valence electrons. The average Bonchev–Trinajstić information content (AvgIpc) is 2.75. The Balaban J connectivity index is 1.88. The predicted molar refractivity (Wildman–Crippen MR) is 88.9 cm³/mol. The van der Waals surface area contributed by atoms with Crippen LogP contribution in [0, 0.1) is 15.4 Å². The second-order valence-electron chi connectivity index (χ2n) is 6.25. The summed E-state index contributed by atoms with van der Waals surface area (Å²) in [5, 5.41) is 9.77. The number of halogens is 1. The summed E-state index contributed by atoms with van der Waals surface area (Å²) in [5.74, 6) is 2.42. The van der Waals surface area contributed by atoms with E-state index in [1.807, 2.05) is 6.07 Å². The molecule has 2 nitrogen and oxygen atoms in total. The van der Waals surface area contributed by atoms with E-state index in [2.05, 4.69) is 31.1 Å². The van der Waals surface area contributed by atoms with Crippen molar-refractivity contribution in [3.63, 3.8) is 0 Å². The van der Waals surface area contributed by atoms with Crippen molar-refractivity contribution >= 4 is 19.8 Å². The quantitative estimate of drug-likeness (QED) is 0.648. The number of fused-ring (bicyclic) bond motifs is 2. The molecule has 3 heteroatoms. The van der Waals surface area contributed by atoms with Crippen LogP contribution in [-0.2, 0) is 0 Å². The van der Waals surface area contributed by atoms with E-state index in [1.54, 1.807) is 6.07 Å². The Labute approximate surface area is 123 Å². The van der Waals surface area contributed by atoms with E-state index in [9.17, 15) is 5.11 Å². The SMILES string of the molecule is CN(C)CC1C2CCC(C2)CI1c1cccc(O)c1. The molecule has 1 aliphatic carbocycles. The van der Waals surface area contributed by atoms with Gasteiger partial charge in [0, 0.05) is 0 Å². The molecule has 0 amide bonds. The normalized spacial score (nSPS) is 31.9. The van der Waals surface area contributed by atoms with Crippen LogP contribution in [0.4, 0.5) is 0 Å². The molecule has 2 bridgehead atoms. The van der Waals surface area contributed by atoms with Crippen LogP contribution in [-0.4, -0.2) is 39.0 Å². The molecule has 3 unspecified atom stereocenters. The Bertz CT molecular complexity index is 448. The van der Waals surface area contributed by atoms with Crippen LogP contribution in [0.3, 0.4) is 0 Å². The van der Waals surface area contributed by atoms with E-state index < -0.39 is 19.8 Å². The monoisotopic (exact) mass is 373 g/mol. The number of nitrogens with zero attached hydrogens (tertiary/aromatic N) is 1. The Kier molecular flexibility index (Phi) is 4.03. The molecular weight excluding hydrogens is 349 g/mol. The van der Waals surface area contributed by atoms with Gasteiger partial charge in [-0.3, -0.25) is 0 Å². The number of phenolic OH excluding ortho intramolecular Hbond substituents is 1. The summed E-state index contributed by atoms with van der Waals surface area (Å²) in [6, 6.07) is 8.17. The summed E-state index contributed by atoms with van der Waals surface area (Å²) in [4.78, 5) is 2.37. The van der Waals surface area contributed by atoms with E-state index in [0.29, 0.717) is 5.75 Å². The first kappa shape index (κ1) is 13.7. The zero-order valence-corrected chi connectivity index (χ0v) is 14.0. The molecule has 1 heterocycles. The summed E-state index contributed by atoms with van der Waals surface area (Å²) in [6.45, 7) is 1.25. The van der Waals surface area contributed by atoms with Crippen LogP contribution in [0.2, 0.25) is 0 Å². The van der Waals surface area contributed by atoms with Gasteiger partial charge in [-0.15, -0.1) is 0 Å². The predicted octanol–water partition coefficient (Wildman–Crippen LogP) is 3.43. The minimum absolute atomic E-state index is 0.455. The first-order chi connectivity index (χ1) is 9.13. The zero-order chi connectivity index (χ0) is 13.4. The summed E-state index contributed by atoms with van der Waals surface area (Å²) >= 11 is -1.14. The number of rotatable bonds is 3. The second-order valence-corrected chi connectivity index (χ2v) is 12.2. The summed E-state index contributed by atoms with van der Waals surface area (Å²) in [6.07, 6.45) is 4.39. The molecule has 3 rings (SSSR count). The Morgan fingerprint density at radius 2 is 2.16 bits per heavy atom. The number of aromatic hydroxyl groups is 1. The molecule has 2 fully saturated rings. The molecule has 19 heavy (non-hydrogen) atoms. The molecule has 1 aliphatic heterocycles. The molecule has 0 aromatic heterocycles. The minimum atomic E-state index is -1.14. The van der Waals surface area contributed by atoms with E-state index in [4.69, 9.17) is 0 Å². The summed E-state index contributed by atoms with van der Waals surface area (Å²) in [5.41, 5.74) is 0. The topological polar surface area (TPSA) is 23.5 Å².